The average molecular weight is 148 g/mol. The molecule has 0 heterocycles. The Morgan fingerprint density at radius 2 is 2.10 bits per heavy atom. The first-order valence-electron chi connectivity index (χ1n) is 3.52. The van der Waals surface area contributed by atoms with Gasteiger partial charge in [-0.3, -0.25) is 0 Å². The van der Waals surface area contributed by atoms with Crippen molar-refractivity contribution >= 4 is 0 Å². The van der Waals surface area contributed by atoms with E-state index >= 15 is 0 Å². The fourth-order valence-corrected chi connectivity index (χ4v) is 0.559. The minimum atomic E-state index is -0.359. The molecule has 0 aliphatic rings. The summed E-state index contributed by atoms with van der Waals surface area (Å²) in [6, 6.07) is 0. The molecule has 0 fully saturated rings. The van der Waals surface area contributed by atoms with Gasteiger partial charge >= 0.3 is 0 Å². The molecule has 0 aliphatic carbocycles. The smallest absolute Gasteiger partial charge is 0.0745 e. The second-order valence-electron chi connectivity index (χ2n) is 2.27. The third-order valence-electron chi connectivity index (χ3n) is 0.996. The van der Waals surface area contributed by atoms with Crippen LogP contribution in [0.5, 0.6) is 0 Å². The normalized spacial score (nSPS) is 13.5. The molecule has 3 nitrogen and oxygen atoms in total. The lowest BCUT2D eigenvalue weighted by Crippen LogP contribution is -2.11. The van der Waals surface area contributed by atoms with E-state index in [9.17, 15) is 0 Å². The zero-order valence-electron chi connectivity index (χ0n) is 6.67. The molecule has 0 aromatic heterocycles. The van der Waals surface area contributed by atoms with Gasteiger partial charge in [0, 0.05) is 20.3 Å². The quantitative estimate of drug-likeness (QED) is 0.555. The Kier molecular flexibility index (Phi) is 6.91. The van der Waals surface area contributed by atoms with E-state index in [1.807, 2.05) is 0 Å². The van der Waals surface area contributed by atoms with Crippen LogP contribution in [0.4, 0.5) is 0 Å². The topological polar surface area (TPSA) is 38.7 Å². The number of methoxy groups -OCH3 is 1. The van der Waals surface area contributed by atoms with Crippen LogP contribution in [0.25, 0.3) is 0 Å². The van der Waals surface area contributed by atoms with Crippen LogP contribution in [0.1, 0.15) is 13.3 Å². The largest absolute Gasteiger partial charge is 0.391 e. The molecule has 0 rings (SSSR count). The first-order chi connectivity index (χ1) is 4.77. The van der Waals surface area contributed by atoms with Crippen molar-refractivity contribution in [3.63, 3.8) is 0 Å². The zero-order valence-corrected chi connectivity index (χ0v) is 6.67. The van der Waals surface area contributed by atoms with Crippen molar-refractivity contribution in [2.24, 2.45) is 0 Å². The summed E-state index contributed by atoms with van der Waals surface area (Å²) in [6.07, 6.45) is 0.533. The molecular weight excluding hydrogens is 132 g/mol. The molecule has 0 bridgehead atoms. The summed E-state index contributed by atoms with van der Waals surface area (Å²) in [5.41, 5.74) is 0. The van der Waals surface area contributed by atoms with Crippen LogP contribution in [0, 0.1) is 0 Å². The molecule has 0 saturated carbocycles. The maximum Gasteiger partial charge on any atom is 0.0745 e. The van der Waals surface area contributed by atoms with Gasteiger partial charge in [0.1, 0.15) is 0 Å². The molecule has 0 unspecified atom stereocenters. The van der Waals surface area contributed by atoms with Crippen molar-refractivity contribution in [1.29, 1.82) is 0 Å². The summed E-state index contributed by atoms with van der Waals surface area (Å²) < 4.78 is 9.87. The standard InChI is InChI=1S/C7H16O3/c1-7(8)6-10-5-3-4-9-2/h7-8H,3-6H2,1-2H3/t7-/m1/s1. The van der Waals surface area contributed by atoms with Crippen LogP contribution in [-0.2, 0) is 9.47 Å². The molecule has 10 heavy (non-hydrogen) atoms. The van der Waals surface area contributed by atoms with Crippen LogP contribution >= 0.6 is 0 Å². The van der Waals surface area contributed by atoms with Gasteiger partial charge in [-0.2, -0.15) is 0 Å². The van der Waals surface area contributed by atoms with E-state index in [1.165, 1.54) is 0 Å². The molecule has 0 radical (unpaired) electrons. The van der Waals surface area contributed by atoms with Crippen molar-refractivity contribution in [2.45, 2.75) is 19.4 Å². The van der Waals surface area contributed by atoms with Gasteiger partial charge in [-0.15, -0.1) is 0 Å². The first kappa shape index (κ1) is 9.88. The van der Waals surface area contributed by atoms with E-state index < -0.39 is 0 Å². The van der Waals surface area contributed by atoms with E-state index in [4.69, 9.17) is 14.6 Å². The van der Waals surface area contributed by atoms with Crippen molar-refractivity contribution in [3.05, 3.63) is 0 Å². The van der Waals surface area contributed by atoms with Gasteiger partial charge < -0.3 is 14.6 Å². The summed E-state index contributed by atoms with van der Waals surface area (Å²) in [5, 5.41) is 8.75. The second-order valence-corrected chi connectivity index (χ2v) is 2.27. The van der Waals surface area contributed by atoms with E-state index in [0.717, 1.165) is 13.0 Å². The van der Waals surface area contributed by atoms with Crippen LogP contribution in [-0.4, -0.2) is 38.1 Å². The highest BCUT2D eigenvalue weighted by molar-refractivity contribution is 4.41. The van der Waals surface area contributed by atoms with E-state index in [1.54, 1.807) is 14.0 Å². The van der Waals surface area contributed by atoms with Gasteiger partial charge in [-0.05, 0) is 13.3 Å². The lowest BCUT2D eigenvalue weighted by atomic mass is 10.4. The van der Waals surface area contributed by atoms with Gasteiger partial charge in [0.25, 0.3) is 0 Å². The summed E-state index contributed by atoms with van der Waals surface area (Å²) in [4.78, 5) is 0. The van der Waals surface area contributed by atoms with Crippen LogP contribution in [0.15, 0.2) is 0 Å². The first-order valence-corrected chi connectivity index (χ1v) is 3.52. The number of hydrogen-bond acceptors (Lipinski definition) is 3. The van der Waals surface area contributed by atoms with E-state index in [0.29, 0.717) is 13.2 Å². The van der Waals surface area contributed by atoms with Crippen LogP contribution in [0.2, 0.25) is 0 Å². The second kappa shape index (κ2) is 6.99. The van der Waals surface area contributed by atoms with Crippen molar-refractivity contribution in [1.82, 2.24) is 0 Å². The van der Waals surface area contributed by atoms with Gasteiger partial charge in [-0.1, -0.05) is 0 Å². The molecule has 1 atom stereocenters. The van der Waals surface area contributed by atoms with Crippen LogP contribution < -0.4 is 0 Å². The number of aliphatic hydroxyl groups is 1. The molecule has 0 spiro atoms. The minimum Gasteiger partial charge on any atom is -0.391 e. The minimum absolute atomic E-state index is 0.359. The lowest BCUT2D eigenvalue weighted by Gasteiger charge is -2.04. The van der Waals surface area contributed by atoms with E-state index in [-0.39, 0.29) is 6.10 Å². The number of ether oxygens (including phenoxy) is 2. The molecule has 1 N–H and O–H groups in total. The summed E-state index contributed by atoms with van der Waals surface area (Å²) in [5.74, 6) is 0. The number of rotatable bonds is 6. The maximum absolute atomic E-state index is 8.75. The zero-order chi connectivity index (χ0) is 7.82. The SMILES string of the molecule is COCCCOC[C@@H](C)O. The number of hydrogen-bond donors (Lipinski definition) is 1. The highest BCUT2D eigenvalue weighted by Gasteiger charge is 1.93. The Hall–Kier alpha value is -0.120. The average Bonchev–Trinajstić information content (AvgIpc) is 1.87. The van der Waals surface area contributed by atoms with Crippen molar-refractivity contribution in [3.8, 4) is 0 Å². The molecular formula is C7H16O3. The predicted octanol–water partition coefficient (Wildman–Crippen LogP) is 0.420. The third-order valence-corrected chi connectivity index (χ3v) is 0.996. The van der Waals surface area contributed by atoms with Gasteiger partial charge in [-0.25, -0.2) is 0 Å². The molecule has 0 saturated heterocycles. The molecule has 3 heteroatoms. The van der Waals surface area contributed by atoms with Gasteiger partial charge in [0.05, 0.1) is 12.7 Å². The summed E-state index contributed by atoms with van der Waals surface area (Å²) in [6.45, 7) is 3.51. The Balaban J connectivity index is 2.77. The predicted molar refractivity (Wildman–Crippen MR) is 39.0 cm³/mol. The van der Waals surface area contributed by atoms with Crippen molar-refractivity contribution in [2.75, 3.05) is 26.9 Å². The highest BCUT2D eigenvalue weighted by Crippen LogP contribution is 1.86. The molecule has 0 aliphatic heterocycles. The lowest BCUT2D eigenvalue weighted by molar-refractivity contribution is 0.0370. The number of aliphatic hydroxyl groups excluding tert-OH is 1. The van der Waals surface area contributed by atoms with E-state index in [2.05, 4.69) is 0 Å². The Morgan fingerprint density at radius 3 is 2.60 bits per heavy atom. The summed E-state index contributed by atoms with van der Waals surface area (Å²) in [7, 11) is 1.66. The van der Waals surface area contributed by atoms with Gasteiger partial charge in [0.15, 0.2) is 0 Å². The molecule has 0 aromatic rings. The fraction of sp³-hybridized carbons (Fsp3) is 1.00. The fourth-order valence-electron chi connectivity index (χ4n) is 0.559. The molecule has 0 aromatic carbocycles. The summed E-state index contributed by atoms with van der Waals surface area (Å²) >= 11 is 0. The Bertz CT molecular complexity index is 63.9. The Morgan fingerprint density at radius 1 is 1.40 bits per heavy atom. The maximum atomic E-state index is 8.75. The monoisotopic (exact) mass is 148 g/mol. The Labute approximate surface area is 62.0 Å². The van der Waals surface area contributed by atoms with Gasteiger partial charge in [0.2, 0.25) is 0 Å². The highest BCUT2D eigenvalue weighted by atomic mass is 16.5. The third kappa shape index (κ3) is 7.88. The molecule has 0 amide bonds. The van der Waals surface area contributed by atoms with Crippen molar-refractivity contribution < 1.29 is 14.6 Å². The molecule has 62 valence electrons. The van der Waals surface area contributed by atoms with Crippen LogP contribution in [0.3, 0.4) is 0 Å².